The van der Waals surface area contributed by atoms with Gasteiger partial charge in [-0.15, -0.1) is 0 Å². The second-order valence-electron chi connectivity index (χ2n) is 4.25. The third-order valence-electron chi connectivity index (χ3n) is 2.74. The Bertz CT molecular complexity index is 632. The summed E-state index contributed by atoms with van der Waals surface area (Å²) in [4.78, 5) is 11.8. The minimum atomic E-state index is -0.298. The van der Waals surface area contributed by atoms with Gasteiger partial charge in [0.1, 0.15) is 11.6 Å². The summed E-state index contributed by atoms with van der Waals surface area (Å²) in [6.07, 6.45) is 0. The van der Waals surface area contributed by atoms with E-state index in [1.165, 1.54) is 12.1 Å². The quantitative estimate of drug-likeness (QED) is 0.756. The van der Waals surface area contributed by atoms with E-state index < -0.39 is 0 Å². The predicted molar refractivity (Wildman–Crippen MR) is 89.2 cm³/mol. The molecule has 110 valence electrons. The molecule has 0 unspecified atom stereocenters. The van der Waals surface area contributed by atoms with Crippen LogP contribution in [0.4, 0.5) is 15.8 Å². The Morgan fingerprint density at radius 2 is 1.95 bits per heavy atom. The van der Waals surface area contributed by atoms with E-state index in [0.29, 0.717) is 5.69 Å². The van der Waals surface area contributed by atoms with Crippen LogP contribution in [0.2, 0.25) is 0 Å². The summed E-state index contributed by atoms with van der Waals surface area (Å²) >= 11 is 2.02. The Morgan fingerprint density at radius 1 is 1.24 bits per heavy atom. The fourth-order valence-electron chi connectivity index (χ4n) is 1.69. The topological polar surface area (TPSA) is 50.4 Å². The second kappa shape index (κ2) is 7.26. The number of ether oxygens (including phenoxy) is 1. The van der Waals surface area contributed by atoms with Gasteiger partial charge in [-0.25, -0.2) is 4.39 Å². The molecule has 0 spiro atoms. The molecule has 2 aromatic rings. The van der Waals surface area contributed by atoms with Crippen LogP contribution < -0.4 is 15.4 Å². The molecule has 0 saturated heterocycles. The van der Waals surface area contributed by atoms with Gasteiger partial charge in [0.2, 0.25) is 5.91 Å². The minimum absolute atomic E-state index is 0.105. The SMILES string of the molecule is COc1ccc(NC(=O)CNc2ccc(F)cc2I)cc1. The average Bonchev–Trinajstić information content (AvgIpc) is 2.47. The van der Waals surface area contributed by atoms with Gasteiger partial charge in [-0.3, -0.25) is 4.79 Å². The minimum Gasteiger partial charge on any atom is -0.497 e. The van der Waals surface area contributed by atoms with E-state index in [-0.39, 0.29) is 18.3 Å². The fraction of sp³-hybridized carbons (Fsp3) is 0.133. The Morgan fingerprint density at radius 3 is 2.57 bits per heavy atom. The molecule has 0 saturated carbocycles. The summed E-state index contributed by atoms with van der Waals surface area (Å²) in [7, 11) is 1.59. The summed E-state index contributed by atoms with van der Waals surface area (Å²) in [5.41, 5.74) is 1.42. The first-order valence-corrected chi connectivity index (χ1v) is 7.29. The largest absolute Gasteiger partial charge is 0.497 e. The van der Waals surface area contributed by atoms with Crippen molar-refractivity contribution in [3.63, 3.8) is 0 Å². The molecule has 0 aliphatic heterocycles. The molecule has 21 heavy (non-hydrogen) atoms. The zero-order chi connectivity index (χ0) is 15.2. The third-order valence-corrected chi connectivity index (χ3v) is 3.64. The summed E-state index contributed by atoms with van der Waals surface area (Å²) in [6, 6.07) is 11.4. The standard InChI is InChI=1S/C15H14FIN2O2/c1-21-12-5-3-11(4-6-12)19-15(20)9-18-14-7-2-10(16)8-13(14)17/h2-8,18H,9H2,1H3,(H,19,20). The van der Waals surface area contributed by atoms with E-state index in [2.05, 4.69) is 10.6 Å². The summed E-state index contributed by atoms with van der Waals surface area (Å²) in [5.74, 6) is 0.250. The number of hydrogen-bond acceptors (Lipinski definition) is 3. The van der Waals surface area contributed by atoms with Crippen LogP contribution in [0, 0.1) is 9.39 Å². The van der Waals surface area contributed by atoms with Crippen LogP contribution in [0.5, 0.6) is 5.75 Å². The number of benzene rings is 2. The van der Waals surface area contributed by atoms with Crippen LogP contribution in [0.15, 0.2) is 42.5 Å². The van der Waals surface area contributed by atoms with Gasteiger partial charge in [0, 0.05) is 14.9 Å². The lowest BCUT2D eigenvalue weighted by molar-refractivity contribution is -0.114. The van der Waals surface area contributed by atoms with E-state index in [1.54, 1.807) is 37.4 Å². The highest BCUT2D eigenvalue weighted by Gasteiger charge is 2.05. The van der Waals surface area contributed by atoms with Crippen molar-refractivity contribution in [3.05, 3.63) is 51.9 Å². The smallest absolute Gasteiger partial charge is 0.243 e. The lowest BCUT2D eigenvalue weighted by Gasteiger charge is -2.09. The number of amides is 1. The van der Waals surface area contributed by atoms with Gasteiger partial charge >= 0.3 is 0 Å². The first-order chi connectivity index (χ1) is 10.1. The third kappa shape index (κ3) is 4.59. The number of hydrogen-bond donors (Lipinski definition) is 2. The van der Waals surface area contributed by atoms with Crippen LogP contribution in [0.3, 0.4) is 0 Å². The van der Waals surface area contributed by atoms with E-state index in [1.807, 2.05) is 22.6 Å². The molecular formula is C15H14FIN2O2. The number of anilines is 2. The van der Waals surface area contributed by atoms with Gasteiger partial charge in [-0.05, 0) is 65.1 Å². The molecule has 0 bridgehead atoms. The molecule has 0 heterocycles. The number of rotatable bonds is 5. The van der Waals surface area contributed by atoms with E-state index in [9.17, 15) is 9.18 Å². The Kier molecular flexibility index (Phi) is 5.38. The zero-order valence-electron chi connectivity index (χ0n) is 11.3. The van der Waals surface area contributed by atoms with Crippen LogP contribution in [-0.4, -0.2) is 19.6 Å². The van der Waals surface area contributed by atoms with Crippen molar-refractivity contribution in [2.45, 2.75) is 0 Å². The van der Waals surface area contributed by atoms with Crippen molar-refractivity contribution < 1.29 is 13.9 Å². The van der Waals surface area contributed by atoms with Crippen LogP contribution in [0.1, 0.15) is 0 Å². The van der Waals surface area contributed by atoms with Crippen molar-refractivity contribution in [3.8, 4) is 5.75 Å². The van der Waals surface area contributed by atoms with E-state index in [0.717, 1.165) is 15.0 Å². The molecule has 0 aromatic heterocycles. The molecule has 2 N–H and O–H groups in total. The predicted octanol–water partition coefficient (Wildman–Crippen LogP) is 3.49. The molecule has 4 nitrogen and oxygen atoms in total. The molecule has 6 heteroatoms. The molecule has 0 aliphatic rings. The summed E-state index contributed by atoms with van der Waals surface area (Å²) in [6.45, 7) is 0.105. The maximum atomic E-state index is 13.0. The molecule has 2 aromatic carbocycles. The highest BCUT2D eigenvalue weighted by Crippen LogP contribution is 2.19. The van der Waals surface area contributed by atoms with Crippen molar-refractivity contribution in [2.75, 3.05) is 24.3 Å². The lowest BCUT2D eigenvalue weighted by atomic mass is 10.3. The number of carbonyl (C=O) groups excluding carboxylic acids is 1. The van der Waals surface area contributed by atoms with E-state index >= 15 is 0 Å². The Hall–Kier alpha value is -1.83. The fourth-order valence-corrected chi connectivity index (χ4v) is 2.36. The highest BCUT2D eigenvalue weighted by molar-refractivity contribution is 14.1. The molecule has 0 aliphatic carbocycles. The highest BCUT2D eigenvalue weighted by atomic mass is 127. The number of halogens is 2. The van der Waals surface area contributed by atoms with Gasteiger partial charge in [0.25, 0.3) is 0 Å². The molecule has 1 amide bonds. The van der Waals surface area contributed by atoms with Gasteiger partial charge in [-0.2, -0.15) is 0 Å². The molecule has 0 atom stereocenters. The molecule has 2 rings (SSSR count). The van der Waals surface area contributed by atoms with Gasteiger partial charge < -0.3 is 15.4 Å². The number of methoxy groups -OCH3 is 1. The van der Waals surface area contributed by atoms with E-state index in [4.69, 9.17) is 4.74 Å². The van der Waals surface area contributed by atoms with Gasteiger partial charge in [0.05, 0.1) is 13.7 Å². The first-order valence-electron chi connectivity index (χ1n) is 6.21. The summed E-state index contributed by atoms with van der Waals surface area (Å²) in [5, 5.41) is 5.73. The first kappa shape index (κ1) is 15.6. The summed E-state index contributed by atoms with van der Waals surface area (Å²) < 4.78 is 18.7. The number of carbonyl (C=O) groups is 1. The van der Waals surface area contributed by atoms with Gasteiger partial charge in [0.15, 0.2) is 0 Å². The normalized spacial score (nSPS) is 10.0. The monoisotopic (exact) mass is 400 g/mol. The Labute approximate surface area is 135 Å². The van der Waals surface area contributed by atoms with Gasteiger partial charge in [-0.1, -0.05) is 0 Å². The molecule has 0 fully saturated rings. The number of nitrogens with one attached hydrogen (secondary N) is 2. The van der Waals surface area contributed by atoms with Crippen LogP contribution in [0.25, 0.3) is 0 Å². The average molecular weight is 400 g/mol. The maximum absolute atomic E-state index is 13.0. The molecule has 0 radical (unpaired) electrons. The second-order valence-corrected chi connectivity index (χ2v) is 5.42. The lowest BCUT2D eigenvalue weighted by Crippen LogP contribution is -2.22. The van der Waals surface area contributed by atoms with Crippen molar-refractivity contribution in [1.29, 1.82) is 0 Å². The van der Waals surface area contributed by atoms with Crippen LogP contribution >= 0.6 is 22.6 Å². The van der Waals surface area contributed by atoms with Crippen molar-refractivity contribution in [1.82, 2.24) is 0 Å². The van der Waals surface area contributed by atoms with Crippen LogP contribution in [-0.2, 0) is 4.79 Å². The zero-order valence-corrected chi connectivity index (χ0v) is 13.5. The Balaban J connectivity index is 1.89. The maximum Gasteiger partial charge on any atom is 0.243 e. The van der Waals surface area contributed by atoms with Crippen molar-refractivity contribution in [2.24, 2.45) is 0 Å². The van der Waals surface area contributed by atoms with Crippen molar-refractivity contribution >= 4 is 39.9 Å². The molecular weight excluding hydrogens is 386 g/mol.